The normalized spacial score (nSPS) is 22.9. The quantitative estimate of drug-likeness (QED) is 0.664. The number of hydrogen-bond acceptors (Lipinski definition) is 5. The van der Waals surface area contributed by atoms with E-state index in [1.54, 1.807) is 17.7 Å². The van der Waals surface area contributed by atoms with Gasteiger partial charge >= 0.3 is 0 Å². The van der Waals surface area contributed by atoms with Crippen molar-refractivity contribution in [3.8, 4) is 0 Å². The van der Waals surface area contributed by atoms with Crippen molar-refractivity contribution in [3.05, 3.63) is 41.8 Å². The van der Waals surface area contributed by atoms with Gasteiger partial charge in [0.05, 0.1) is 15.8 Å². The summed E-state index contributed by atoms with van der Waals surface area (Å²) < 4.78 is 3.12. The maximum Gasteiger partial charge on any atom is 0.255 e. The molecule has 1 unspecified atom stereocenters. The largest absolute Gasteiger partial charge is 0.356 e. The van der Waals surface area contributed by atoms with E-state index in [0.717, 1.165) is 68.6 Å². The second-order valence-electron chi connectivity index (χ2n) is 8.02. The van der Waals surface area contributed by atoms with Gasteiger partial charge < -0.3 is 14.4 Å². The highest BCUT2D eigenvalue weighted by Gasteiger charge is 2.44. The summed E-state index contributed by atoms with van der Waals surface area (Å²) in [5.74, 6) is 1.24. The Balaban J connectivity index is 1.40. The molecular weight excluding hydrogens is 370 g/mol. The zero-order valence-corrected chi connectivity index (χ0v) is 17.0. The zero-order chi connectivity index (χ0) is 19.1. The lowest BCUT2D eigenvalue weighted by molar-refractivity contribution is 0.0566. The summed E-state index contributed by atoms with van der Waals surface area (Å²) in [5.41, 5.74) is 1.82. The van der Waals surface area contributed by atoms with Crippen LogP contribution in [0.5, 0.6) is 0 Å². The average molecular weight is 396 g/mol. The third kappa shape index (κ3) is 2.89. The van der Waals surface area contributed by atoms with Crippen LogP contribution in [-0.4, -0.2) is 50.5 Å². The molecule has 0 saturated carbocycles. The molecule has 0 aliphatic carbocycles. The Kier molecular flexibility index (Phi) is 4.34. The molecule has 1 atom stereocenters. The SMILES string of the molecule is Cn1ccc(C(=O)N2CCCC23CCCN(c2ncnc4ccsc24)CC3)c1. The van der Waals surface area contributed by atoms with E-state index < -0.39 is 0 Å². The summed E-state index contributed by atoms with van der Waals surface area (Å²) in [5, 5.41) is 2.08. The Hall–Kier alpha value is -2.41. The number of carbonyl (C=O) groups is 1. The number of amides is 1. The predicted molar refractivity (Wildman–Crippen MR) is 112 cm³/mol. The van der Waals surface area contributed by atoms with Gasteiger partial charge in [-0.3, -0.25) is 4.79 Å². The highest BCUT2D eigenvalue weighted by Crippen LogP contribution is 2.40. The summed E-state index contributed by atoms with van der Waals surface area (Å²) in [6.07, 6.45) is 10.9. The highest BCUT2D eigenvalue weighted by atomic mass is 32.1. The molecule has 0 N–H and O–H groups in total. The van der Waals surface area contributed by atoms with Crippen molar-refractivity contribution < 1.29 is 4.79 Å². The third-order valence-electron chi connectivity index (χ3n) is 6.36. The molecule has 28 heavy (non-hydrogen) atoms. The summed E-state index contributed by atoms with van der Waals surface area (Å²) in [6, 6.07) is 3.99. The number of carbonyl (C=O) groups excluding carboxylic acids is 1. The molecule has 146 valence electrons. The summed E-state index contributed by atoms with van der Waals surface area (Å²) >= 11 is 1.71. The summed E-state index contributed by atoms with van der Waals surface area (Å²) in [6.45, 7) is 2.79. The predicted octanol–water partition coefficient (Wildman–Crippen LogP) is 3.70. The van der Waals surface area contributed by atoms with Crippen LogP contribution in [0.1, 0.15) is 42.5 Å². The van der Waals surface area contributed by atoms with Crippen LogP contribution in [-0.2, 0) is 7.05 Å². The number of likely N-dealkylation sites (tertiary alicyclic amines) is 1. The van der Waals surface area contributed by atoms with E-state index in [2.05, 4.69) is 31.2 Å². The Bertz CT molecular complexity index is 1010. The smallest absolute Gasteiger partial charge is 0.255 e. The second kappa shape index (κ2) is 6.88. The van der Waals surface area contributed by atoms with Gasteiger partial charge in [-0.2, -0.15) is 0 Å². The zero-order valence-electron chi connectivity index (χ0n) is 16.2. The number of rotatable bonds is 2. The minimum Gasteiger partial charge on any atom is -0.356 e. The van der Waals surface area contributed by atoms with Crippen molar-refractivity contribution in [3.63, 3.8) is 0 Å². The minimum absolute atomic E-state index is 0.0106. The lowest BCUT2D eigenvalue weighted by Crippen LogP contribution is -2.47. The Morgan fingerprint density at radius 2 is 1.96 bits per heavy atom. The average Bonchev–Trinajstić information content (AvgIpc) is 3.40. The molecule has 5 heterocycles. The Morgan fingerprint density at radius 3 is 2.79 bits per heavy atom. The molecule has 0 radical (unpaired) electrons. The highest BCUT2D eigenvalue weighted by molar-refractivity contribution is 7.17. The van der Waals surface area contributed by atoms with E-state index in [-0.39, 0.29) is 11.4 Å². The number of hydrogen-bond donors (Lipinski definition) is 0. The van der Waals surface area contributed by atoms with Crippen LogP contribution in [0.15, 0.2) is 36.2 Å². The van der Waals surface area contributed by atoms with E-state index in [1.165, 1.54) is 4.70 Å². The third-order valence-corrected chi connectivity index (χ3v) is 7.26. The number of nitrogens with zero attached hydrogens (tertiary/aromatic N) is 5. The van der Waals surface area contributed by atoms with Gasteiger partial charge in [-0.25, -0.2) is 9.97 Å². The fourth-order valence-electron chi connectivity index (χ4n) is 4.95. The molecule has 6 nitrogen and oxygen atoms in total. The van der Waals surface area contributed by atoms with Crippen molar-refractivity contribution in [1.29, 1.82) is 0 Å². The summed E-state index contributed by atoms with van der Waals surface area (Å²) in [4.78, 5) is 26.8. The first-order valence-corrected chi connectivity index (χ1v) is 10.9. The molecule has 0 aromatic carbocycles. The molecule has 1 spiro atoms. The van der Waals surface area contributed by atoms with Crippen molar-refractivity contribution in [2.24, 2.45) is 7.05 Å². The van der Waals surface area contributed by atoms with Crippen LogP contribution in [0, 0.1) is 0 Å². The molecule has 2 fully saturated rings. The van der Waals surface area contributed by atoms with Crippen molar-refractivity contribution in [1.82, 2.24) is 19.4 Å². The fraction of sp³-hybridized carbons (Fsp3) is 0.476. The first-order valence-electron chi connectivity index (χ1n) is 10.0. The maximum absolute atomic E-state index is 13.2. The van der Waals surface area contributed by atoms with Crippen molar-refractivity contribution in [2.75, 3.05) is 24.5 Å². The van der Waals surface area contributed by atoms with Gasteiger partial charge in [-0.05, 0) is 49.6 Å². The van der Waals surface area contributed by atoms with E-state index in [4.69, 9.17) is 0 Å². The van der Waals surface area contributed by atoms with Crippen LogP contribution >= 0.6 is 11.3 Å². The van der Waals surface area contributed by atoms with E-state index in [0.29, 0.717) is 0 Å². The molecule has 2 aliphatic heterocycles. The van der Waals surface area contributed by atoms with Gasteiger partial charge in [0.15, 0.2) is 0 Å². The van der Waals surface area contributed by atoms with Crippen LogP contribution in [0.2, 0.25) is 0 Å². The van der Waals surface area contributed by atoms with Crippen LogP contribution in [0.4, 0.5) is 5.82 Å². The molecule has 3 aromatic heterocycles. The van der Waals surface area contributed by atoms with Crippen LogP contribution < -0.4 is 4.90 Å². The lowest BCUT2D eigenvalue weighted by atomic mass is 9.87. The number of anilines is 1. The molecule has 1 amide bonds. The first kappa shape index (κ1) is 17.7. The molecule has 7 heteroatoms. The van der Waals surface area contributed by atoms with Crippen molar-refractivity contribution in [2.45, 2.75) is 37.6 Å². The molecular formula is C21H25N5OS. The number of thiophene rings is 1. The minimum atomic E-state index is -0.0106. The number of fused-ring (bicyclic) bond motifs is 1. The Morgan fingerprint density at radius 1 is 1.11 bits per heavy atom. The molecule has 3 aromatic rings. The first-order chi connectivity index (χ1) is 13.7. The van der Waals surface area contributed by atoms with Crippen molar-refractivity contribution >= 4 is 33.3 Å². The van der Waals surface area contributed by atoms with E-state index in [1.807, 2.05) is 30.1 Å². The van der Waals surface area contributed by atoms with Crippen LogP contribution in [0.3, 0.4) is 0 Å². The molecule has 2 aliphatic rings. The fourth-order valence-corrected chi connectivity index (χ4v) is 5.81. The Labute approximate surface area is 168 Å². The number of aromatic nitrogens is 3. The molecule has 2 saturated heterocycles. The van der Waals surface area contributed by atoms with Gasteiger partial charge in [0.1, 0.15) is 12.1 Å². The molecule has 0 bridgehead atoms. The van der Waals surface area contributed by atoms with Gasteiger partial charge in [0.2, 0.25) is 0 Å². The van der Waals surface area contributed by atoms with E-state index >= 15 is 0 Å². The van der Waals surface area contributed by atoms with Gasteiger partial charge in [-0.15, -0.1) is 11.3 Å². The molecule has 5 rings (SSSR count). The topological polar surface area (TPSA) is 54.3 Å². The van der Waals surface area contributed by atoms with Crippen LogP contribution in [0.25, 0.3) is 10.2 Å². The van der Waals surface area contributed by atoms with Gasteiger partial charge in [-0.1, -0.05) is 0 Å². The monoisotopic (exact) mass is 395 g/mol. The summed E-state index contributed by atoms with van der Waals surface area (Å²) in [7, 11) is 1.97. The lowest BCUT2D eigenvalue weighted by Gasteiger charge is -2.38. The maximum atomic E-state index is 13.2. The van der Waals surface area contributed by atoms with Gasteiger partial charge in [0.25, 0.3) is 5.91 Å². The van der Waals surface area contributed by atoms with E-state index in [9.17, 15) is 4.79 Å². The second-order valence-corrected chi connectivity index (χ2v) is 8.94. The standard InChI is InChI=1S/C21H25N5OS/c1-24-11-4-16(14-24)20(27)26-10-3-7-21(26)6-2-9-25(12-8-21)19-18-17(5-13-28-18)22-15-23-19/h4-5,11,13-15H,2-3,6-10,12H2,1H3. The number of aryl methyl sites for hydroxylation is 1. The van der Waals surface area contributed by atoms with Gasteiger partial charge in [0, 0.05) is 44.6 Å².